The zero-order chi connectivity index (χ0) is 15.5. The molecule has 118 valence electrons. The van der Waals surface area contributed by atoms with E-state index in [0.29, 0.717) is 26.1 Å². The number of halogens is 5. The fraction of sp³-hybridized carbons (Fsp3) is 0.571. The Bertz CT molecular complexity index is 475. The van der Waals surface area contributed by atoms with Crippen LogP contribution < -0.4 is 5.32 Å². The quantitative estimate of drug-likeness (QED) is 0.842. The van der Waals surface area contributed by atoms with Crippen LogP contribution in [0.2, 0.25) is 0 Å². The van der Waals surface area contributed by atoms with Crippen molar-refractivity contribution in [3.8, 4) is 0 Å². The molecule has 1 N–H and O–H groups in total. The topological polar surface area (TPSA) is 15.3 Å². The molecule has 1 heterocycles. The van der Waals surface area contributed by atoms with E-state index in [9.17, 15) is 22.0 Å². The zero-order valence-corrected chi connectivity index (χ0v) is 11.4. The third kappa shape index (κ3) is 5.24. The van der Waals surface area contributed by atoms with Crippen LogP contribution in [0, 0.1) is 17.6 Å². The smallest absolute Gasteiger partial charge is 0.312 e. The first-order valence-electron chi connectivity index (χ1n) is 6.77. The normalized spacial score (nSPS) is 20.1. The monoisotopic (exact) mass is 308 g/mol. The highest BCUT2D eigenvalue weighted by atomic mass is 19.4. The summed E-state index contributed by atoms with van der Waals surface area (Å²) >= 11 is 0. The first kappa shape index (κ1) is 16.2. The molecule has 1 aromatic carbocycles. The van der Waals surface area contributed by atoms with E-state index in [1.165, 1.54) is 4.90 Å². The molecule has 0 saturated carbocycles. The van der Waals surface area contributed by atoms with E-state index in [4.69, 9.17) is 0 Å². The van der Waals surface area contributed by atoms with Crippen molar-refractivity contribution in [1.82, 2.24) is 10.2 Å². The van der Waals surface area contributed by atoms with E-state index in [-0.39, 0.29) is 18.0 Å². The second-order valence-electron chi connectivity index (χ2n) is 5.37. The molecule has 0 amide bonds. The summed E-state index contributed by atoms with van der Waals surface area (Å²) in [4.78, 5) is 1.37. The van der Waals surface area contributed by atoms with Crippen molar-refractivity contribution in [2.45, 2.75) is 19.1 Å². The van der Waals surface area contributed by atoms with Gasteiger partial charge in [-0.25, -0.2) is 8.78 Å². The van der Waals surface area contributed by atoms with Crippen LogP contribution in [-0.4, -0.2) is 37.3 Å². The van der Waals surface area contributed by atoms with Gasteiger partial charge in [0.25, 0.3) is 0 Å². The van der Waals surface area contributed by atoms with Crippen molar-refractivity contribution < 1.29 is 22.0 Å². The minimum atomic E-state index is -4.17. The molecule has 2 rings (SSSR count). The molecule has 1 aliphatic rings. The predicted octanol–water partition coefficient (Wildman–Crippen LogP) is 2.94. The molecule has 7 heteroatoms. The van der Waals surface area contributed by atoms with Gasteiger partial charge in [0.15, 0.2) is 0 Å². The number of alkyl halides is 3. The van der Waals surface area contributed by atoms with Crippen molar-refractivity contribution >= 4 is 0 Å². The maximum Gasteiger partial charge on any atom is 0.401 e. The summed E-state index contributed by atoms with van der Waals surface area (Å²) in [6.45, 7) is 0.560. The molecule has 0 bridgehead atoms. The van der Waals surface area contributed by atoms with E-state index in [2.05, 4.69) is 5.32 Å². The fourth-order valence-corrected chi connectivity index (χ4v) is 2.57. The van der Waals surface area contributed by atoms with Crippen molar-refractivity contribution in [1.29, 1.82) is 0 Å². The number of nitrogens with one attached hydrogen (secondary N) is 1. The highest BCUT2D eigenvalue weighted by molar-refractivity contribution is 5.18. The highest BCUT2D eigenvalue weighted by Gasteiger charge is 2.34. The van der Waals surface area contributed by atoms with Gasteiger partial charge in [-0.15, -0.1) is 0 Å². The summed E-state index contributed by atoms with van der Waals surface area (Å²) in [5.41, 5.74) is 0.222. The van der Waals surface area contributed by atoms with Crippen LogP contribution in [0.5, 0.6) is 0 Å². The summed E-state index contributed by atoms with van der Waals surface area (Å²) in [7, 11) is 0. The van der Waals surface area contributed by atoms with E-state index in [0.717, 1.165) is 18.2 Å². The van der Waals surface area contributed by atoms with Crippen molar-refractivity contribution in [3.63, 3.8) is 0 Å². The largest absolute Gasteiger partial charge is 0.401 e. The van der Waals surface area contributed by atoms with Crippen LogP contribution in [-0.2, 0) is 6.54 Å². The lowest BCUT2D eigenvalue weighted by atomic mass is 10.1. The third-order valence-electron chi connectivity index (χ3n) is 3.53. The lowest BCUT2D eigenvalue weighted by Crippen LogP contribution is -2.33. The third-order valence-corrected chi connectivity index (χ3v) is 3.53. The molecule has 1 saturated heterocycles. The first-order valence-corrected chi connectivity index (χ1v) is 6.77. The van der Waals surface area contributed by atoms with Gasteiger partial charge in [-0.05, 0) is 43.6 Å². The van der Waals surface area contributed by atoms with Gasteiger partial charge in [-0.1, -0.05) is 0 Å². The Morgan fingerprint density at radius 2 is 2.00 bits per heavy atom. The van der Waals surface area contributed by atoms with E-state index in [1.807, 2.05) is 0 Å². The first-order chi connectivity index (χ1) is 9.83. The maximum absolute atomic E-state index is 13.4. The summed E-state index contributed by atoms with van der Waals surface area (Å²) < 4.78 is 63.1. The Kier molecular flexibility index (Phi) is 5.16. The molecule has 0 aromatic heterocycles. The summed E-state index contributed by atoms with van der Waals surface area (Å²) in [6, 6.07) is 3.23. The second kappa shape index (κ2) is 6.70. The summed E-state index contributed by atoms with van der Waals surface area (Å²) in [5.74, 6) is -0.900. The molecule has 1 fully saturated rings. The number of nitrogens with zero attached hydrogens (tertiary/aromatic N) is 1. The van der Waals surface area contributed by atoms with Crippen LogP contribution >= 0.6 is 0 Å². The SMILES string of the molecule is Fc1ccc(F)c(CNCC2CCN(CC(F)(F)F)C2)c1. The maximum atomic E-state index is 13.4. The number of likely N-dealkylation sites (tertiary alicyclic amines) is 1. The van der Waals surface area contributed by atoms with Gasteiger partial charge < -0.3 is 5.32 Å². The Hall–Kier alpha value is -1.21. The van der Waals surface area contributed by atoms with Gasteiger partial charge in [0.05, 0.1) is 6.54 Å². The molecular weight excluding hydrogens is 291 g/mol. The van der Waals surface area contributed by atoms with Crippen LogP contribution in [0.1, 0.15) is 12.0 Å². The fourth-order valence-electron chi connectivity index (χ4n) is 2.57. The molecule has 21 heavy (non-hydrogen) atoms. The standard InChI is InChI=1S/C14H17F5N2/c15-12-1-2-13(16)11(5-12)7-20-6-10-3-4-21(8-10)9-14(17,18)19/h1-2,5,10,20H,3-4,6-9H2. The van der Waals surface area contributed by atoms with Crippen LogP contribution in [0.3, 0.4) is 0 Å². The van der Waals surface area contributed by atoms with E-state index in [1.54, 1.807) is 0 Å². The van der Waals surface area contributed by atoms with Gasteiger partial charge in [0.2, 0.25) is 0 Å². The zero-order valence-electron chi connectivity index (χ0n) is 11.4. The molecule has 0 aliphatic carbocycles. The highest BCUT2D eigenvalue weighted by Crippen LogP contribution is 2.22. The van der Waals surface area contributed by atoms with E-state index >= 15 is 0 Å². The molecule has 1 unspecified atom stereocenters. The summed E-state index contributed by atoms with van der Waals surface area (Å²) in [6.07, 6.45) is -3.50. The molecule has 1 aromatic rings. The average molecular weight is 308 g/mol. The predicted molar refractivity (Wildman–Crippen MR) is 68.7 cm³/mol. The van der Waals surface area contributed by atoms with Gasteiger partial charge >= 0.3 is 6.18 Å². The lowest BCUT2D eigenvalue weighted by molar-refractivity contribution is -0.143. The van der Waals surface area contributed by atoms with E-state index < -0.39 is 24.4 Å². The average Bonchev–Trinajstić information content (AvgIpc) is 2.79. The number of hydrogen-bond acceptors (Lipinski definition) is 2. The number of benzene rings is 1. The minimum Gasteiger partial charge on any atom is -0.312 e. The Balaban J connectivity index is 1.74. The summed E-state index contributed by atoms with van der Waals surface area (Å²) in [5, 5.41) is 2.98. The molecule has 1 aliphatic heterocycles. The lowest BCUT2D eigenvalue weighted by Gasteiger charge is -2.18. The van der Waals surface area contributed by atoms with Gasteiger partial charge in [0, 0.05) is 18.7 Å². The Morgan fingerprint density at radius 1 is 1.24 bits per heavy atom. The van der Waals surface area contributed by atoms with Crippen LogP contribution in [0.15, 0.2) is 18.2 Å². The second-order valence-corrected chi connectivity index (χ2v) is 5.37. The van der Waals surface area contributed by atoms with Crippen LogP contribution in [0.4, 0.5) is 22.0 Å². The molecule has 0 radical (unpaired) electrons. The van der Waals surface area contributed by atoms with Crippen molar-refractivity contribution in [3.05, 3.63) is 35.4 Å². The van der Waals surface area contributed by atoms with Gasteiger partial charge in [-0.2, -0.15) is 13.2 Å². The van der Waals surface area contributed by atoms with Gasteiger partial charge in [0.1, 0.15) is 11.6 Å². The van der Waals surface area contributed by atoms with Crippen molar-refractivity contribution in [2.24, 2.45) is 5.92 Å². The van der Waals surface area contributed by atoms with Crippen molar-refractivity contribution in [2.75, 3.05) is 26.2 Å². The van der Waals surface area contributed by atoms with Gasteiger partial charge in [-0.3, -0.25) is 4.90 Å². The Morgan fingerprint density at radius 3 is 2.71 bits per heavy atom. The number of hydrogen-bond donors (Lipinski definition) is 1. The minimum absolute atomic E-state index is 0.101. The number of rotatable bonds is 5. The molecular formula is C14H17F5N2. The molecule has 2 nitrogen and oxygen atoms in total. The Labute approximate surface area is 119 Å². The van der Waals surface area contributed by atoms with Crippen LogP contribution in [0.25, 0.3) is 0 Å². The molecule has 1 atom stereocenters. The molecule has 0 spiro atoms.